The number of rotatable bonds is 7. The van der Waals surface area contributed by atoms with Gasteiger partial charge in [0.1, 0.15) is 0 Å². The number of pyridine rings is 1. The van der Waals surface area contributed by atoms with Crippen LogP contribution >= 0.6 is 24.2 Å². The van der Waals surface area contributed by atoms with E-state index in [1.54, 1.807) is 24.5 Å². The van der Waals surface area contributed by atoms with Crippen molar-refractivity contribution in [2.45, 2.75) is 57.3 Å². The van der Waals surface area contributed by atoms with Crippen molar-refractivity contribution in [3.63, 3.8) is 0 Å². The van der Waals surface area contributed by atoms with Gasteiger partial charge in [0.15, 0.2) is 0 Å². The first kappa shape index (κ1) is 23.4. The lowest BCUT2D eigenvalue weighted by atomic mass is 9.79. The highest BCUT2D eigenvalue weighted by Gasteiger charge is 2.40. The van der Waals surface area contributed by atoms with Gasteiger partial charge in [0.05, 0.1) is 5.69 Å². The minimum absolute atomic E-state index is 0. The highest BCUT2D eigenvalue weighted by molar-refractivity contribution is 8.14. The van der Waals surface area contributed by atoms with Gasteiger partial charge < -0.3 is 5.32 Å². The zero-order valence-electron chi connectivity index (χ0n) is 17.0. The van der Waals surface area contributed by atoms with E-state index in [9.17, 15) is 9.59 Å². The monoisotopic (exact) mass is 432 g/mol. The van der Waals surface area contributed by atoms with Gasteiger partial charge in [-0.1, -0.05) is 38.8 Å². The first-order valence-electron chi connectivity index (χ1n) is 10.0. The minimum atomic E-state index is -0.268. The number of hydrogen-bond donors (Lipinski definition) is 1. The van der Waals surface area contributed by atoms with Gasteiger partial charge in [-0.25, -0.2) is 0 Å². The first-order chi connectivity index (χ1) is 13.5. The molecule has 0 spiro atoms. The Hall–Kier alpha value is -1.85. The third kappa shape index (κ3) is 6.06. The van der Waals surface area contributed by atoms with E-state index < -0.39 is 0 Å². The fourth-order valence-corrected chi connectivity index (χ4v) is 4.58. The summed E-state index contributed by atoms with van der Waals surface area (Å²) < 4.78 is 0. The number of para-hydroxylation sites is 1. The quantitative estimate of drug-likeness (QED) is 0.516. The topological polar surface area (TPSA) is 59.1 Å². The van der Waals surface area contributed by atoms with Crippen molar-refractivity contribution in [1.29, 1.82) is 0 Å². The number of amides is 1. The second kappa shape index (κ2) is 10.8. The molecule has 6 heteroatoms. The predicted molar refractivity (Wildman–Crippen MR) is 122 cm³/mol. The zero-order valence-corrected chi connectivity index (χ0v) is 18.7. The molecule has 0 saturated heterocycles. The Morgan fingerprint density at radius 3 is 2.52 bits per heavy atom. The number of thioether (sulfide) groups is 1. The summed E-state index contributed by atoms with van der Waals surface area (Å²) >= 11 is 1.13. The molecule has 1 N–H and O–H groups in total. The Morgan fingerprint density at radius 2 is 1.86 bits per heavy atom. The smallest absolute Gasteiger partial charge is 0.230 e. The molecule has 1 aromatic carbocycles. The van der Waals surface area contributed by atoms with Crippen LogP contribution in [0.1, 0.15) is 62.7 Å². The van der Waals surface area contributed by atoms with Crippen LogP contribution in [0.25, 0.3) is 0 Å². The second-order valence-corrected chi connectivity index (χ2v) is 9.02. The highest BCUT2D eigenvalue weighted by atomic mass is 35.5. The molecule has 1 aliphatic carbocycles. The molecule has 0 unspecified atom stereocenters. The Labute approximate surface area is 183 Å². The lowest BCUT2D eigenvalue weighted by molar-refractivity contribution is -0.125. The van der Waals surface area contributed by atoms with E-state index in [1.807, 2.05) is 24.3 Å². The molecule has 1 heterocycles. The number of nitrogens with one attached hydrogen (secondary N) is 1. The Morgan fingerprint density at radius 1 is 1.14 bits per heavy atom. The Kier molecular flexibility index (Phi) is 8.72. The maximum absolute atomic E-state index is 13.2. The molecule has 0 radical (unpaired) electrons. The van der Waals surface area contributed by atoms with Crippen LogP contribution < -0.4 is 5.32 Å². The van der Waals surface area contributed by atoms with E-state index in [0.29, 0.717) is 17.2 Å². The molecule has 156 valence electrons. The summed E-state index contributed by atoms with van der Waals surface area (Å²) in [5.41, 5.74) is 0.999. The number of anilines is 1. The molecule has 29 heavy (non-hydrogen) atoms. The van der Waals surface area contributed by atoms with Gasteiger partial charge in [0, 0.05) is 28.3 Å². The maximum atomic E-state index is 13.2. The molecule has 0 aliphatic heterocycles. The maximum Gasteiger partial charge on any atom is 0.230 e. The fraction of sp³-hybridized carbons (Fsp3) is 0.435. The molecule has 1 amide bonds. The van der Waals surface area contributed by atoms with Gasteiger partial charge in [-0.05, 0) is 67.6 Å². The number of halogens is 1. The molecule has 2 aromatic rings. The van der Waals surface area contributed by atoms with Crippen molar-refractivity contribution < 1.29 is 9.59 Å². The molecule has 1 aliphatic rings. The van der Waals surface area contributed by atoms with Gasteiger partial charge >= 0.3 is 0 Å². The van der Waals surface area contributed by atoms with Gasteiger partial charge in [-0.3, -0.25) is 14.6 Å². The molecule has 0 atom stereocenters. The number of carbonyl (C=O) groups is 2. The van der Waals surface area contributed by atoms with Crippen molar-refractivity contribution >= 4 is 40.9 Å². The van der Waals surface area contributed by atoms with Crippen LogP contribution in [-0.2, 0) is 4.79 Å². The summed E-state index contributed by atoms with van der Waals surface area (Å²) in [5.74, 6) is 0.692. The van der Waals surface area contributed by atoms with Crippen LogP contribution in [0.4, 0.5) is 5.69 Å². The van der Waals surface area contributed by atoms with E-state index in [2.05, 4.69) is 24.1 Å². The summed E-state index contributed by atoms with van der Waals surface area (Å²) in [5, 5.41) is 3.07. The van der Waals surface area contributed by atoms with Gasteiger partial charge in [0.25, 0.3) is 0 Å². The van der Waals surface area contributed by atoms with E-state index in [0.717, 1.165) is 55.2 Å². The lowest BCUT2D eigenvalue weighted by Gasteiger charge is -2.29. The van der Waals surface area contributed by atoms with Crippen molar-refractivity contribution in [1.82, 2.24) is 4.98 Å². The molecule has 1 fully saturated rings. The third-order valence-electron chi connectivity index (χ3n) is 5.48. The van der Waals surface area contributed by atoms with Gasteiger partial charge in [-0.15, -0.1) is 12.4 Å². The average molecular weight is 433 g/mol. The van der Waals surface area contributed by atoms with Crippen LogP contribution in [0.2, 0.25) is 0 Å². The summed E-state index contributed by atoms with van der Waals surface area (Å²) in [6, 6.07) is 11.0. The Balaban J connectivity index is 0.00000300. The van der Waals surface area contributed by atoms with E-state index in [4.69, 9.17) is 0 Å². The van der Waals surface area contributed by atoms with E-state index in [-0.39, 0.29) is 28.8 Å². The number of nitrogens with zero attached hydrogens (tertiary/aromatic N) is 1. The summed E-state index contributed by atoms with van der Waals surface area (Å²) in [6.45, 7) is 4.41. The summed E-state index contributed by atoms with van der Waals surface area (Å²) in [4.78, 5) is 30.6. The summed E-state index contributed by atoms with van der Waals surface area (Å²) in [7, 11) is 0. The third-order valence-corrected chi connectivity index (χ3v) is 6.47. The molecule has 4 nitrogen and oxygen atoms in total. The number of hydrogen-bond acceptors (Lipinski definition) is 4. The van der Waals surface area contributed by atoms with Crippen molar-refractivity contribution in [2.75, 3.05) is 5.32 Å². The molecule has 1 aromatic heterocycles. The lowest BCUT2D eigenvalue weighted by Crippen LogP contribution is -2.34. The van der Waals surface area contributed by atoms with Crippen molar-refractivity contribution in [2.24, 2.45) is 11.3 Å². The Bertz CT molecular complexity index is 821. The van der Waals surface area contributed by atoms with Crippen molar-refractivity contribution in [3.8, 4) is 0 Å². The molecular weight excluding hydrogens is 404 g/mol. The SMILES string of the molecule is CC(C)CCC1(C(=O)Nc2ccccc2SC(=O)c2cccnc2)CCCC1.Cl. The standard InChI is InChI=1S/C23H28N2O2S.ClH/c1-17(2)11-14-23(12-5-6-13-23)22(27)25-19-9-3-4-10-20(19)28-21(26)18-8-7-15-24-16-18;/h3-4,7-10,15-17H,5-6,11-14H2,1-2H3,(H,25,27);1H. The normalized spacial score (nSPS) is 15.0. The minimum Gasteiger partial charge on any atom is -0.325 e. The van der Waals surface area contributed by atoms with Crippen molar-refractivity contribution in [3.05, 3.63) is 54.4 Å². The van der Waals surface area contributed by atoms with Gasteiger partial charge in [0.2, 0.25) is 11.0 Å². The van der Waals surface area contributed by atoms with Crippen LogP contribution in [0.3, 0.4) is 0 Å². The molecule has 3 rings (SSSR count). The zero-order chi connectivity index (χ0) is 20.0. The average Bonchev–Trinajstić information content (AvgIpc) is 3.19. The van der Waals surface area contributed by atoms with Crippen LogP contribution in [0, 0.1) is 11.3 Å². The van der Waals surface area contributed by atoms with Crippen LogP contribution in [0.15, 0.2) is 53.7 Å². The van der Waals surface area contributed by atoms with Crippen LogP contribution in [-0.4, -0.2) is 16.0 Å². The molecule has 0 bridgehead atoms. The largest absolute Gasteiger partial charge is 0.325 e. The first-order valence-corrected chi connectivity index (χ1v) is 10.8. The summed E-state index contributed by atoms with van der Waals surface area (Å²) in [6.07, 6.45) is 9.33. The predicted octanol–water partition coefficient (Wildman–Crippen LogP) is 6.37. The number of carbonyl (C=O) groups excluding carboxylic acids is 2. The number of benzene rings is 1. The van der Waals surface area contributed by atoms with E-state index in [1.165, 1.54) is 0 Å². The van der Waals surface area contributed by atoms with Crippen LogP contribution in [0.5, 0.6) is 0 Å². The van der Waals surface area contributed by atoms with E-state index >= 15 is 0 Å². The fourth-order valence-electron chi connectivity index (χ4n) is 3.76. The molecular formula is C23H29ClN2O2S. The highest BCUT2D eigenvalue weighted by Crippen LogP contribution is 2.44. The van der Waals surface area contributed by atoms with Gasteiger partial charge in [-0.2, -0.15) is 0 Å². The molecule has 1 saturated carbocycles. The number of aromatic nitrogens is 1. The second-order valence-electron chi connectivity index (χ2n) is 8.00.